The normalized spacial score (nSPS) is 14.9. The highest BCUT2D eigenvalue weighted by molar-refractivity contribution is 6.04. The van der Waals surface area contributed by atoms with Gasteiger partial charge in [-0.25, -0.2) is 4.39 Å². The van der Waals surface area contributed by atoms with Gasteiger partial charge in [-0.3, -0.25) is 9.78 Å². The van der Waals surface area contributed by atoms with E-state index in [1.807, 2.05) is 30.9 Å². The summed E-state index contributed by atoms with van der Waals surface area (Å²) in [5.74, 6) is 0.451. The number of benzene rings is 1. The molecule has 1 aliphatic heterocycles. The van der Waals surface area contributed by atoms with Gasteiger partial charge < -0.3 is 14.2 Å². The molecule has 0 aliphatic carbocycles. The van der Waals surface area contributed by atoms with Gasteiger partial charge in [0.1, 0.15) is 17.1 Å². The Labute approximate surface area is 151 Å². The van der Waals surface area contributed by atoms with Crippen molar-refractivity contribution in [3.8, 4) is 0 Å². The second kappa shape index (κ2) is 6.44. The molecule has 134 valence electrons. The van der Waals surface area contributed by atoms with Crippen molar-refractivity contribution in [1.29, 1.82) is 0 Å². The number of amides is 1. The third-order valence-electron chi connectivity index (χ3n) is 4.72. The van der Waals surface area contributed by atoms with Crippen molar-refractivity contribution < 1.29 is 13.6 Å². The predicted octanol–water partition coefficient (Wildman–Crippen LogP) is 3.55. The number of aromatic nitrogens is 1. The van der Waals surface area contributed by atoms with Gasteiger partial charge in [-0.1, -0.05) is 0 Å². The quantitative estimate of drug-likeness (QED) is 0.707. The molecule has 0 bridgehead atoms. The fourth-order valence-electron chi connectivity index (χ4n) is 3.46. The number of nitrogens with zero attached hydrogens (tertiary/aromatic N) is 3. The van der Waals surface area contributed by atoms with E-state index in [9.17, 15) is 9.18 Å². The number of fused-ring (bicyclic) bond motifs is 1. The first kappa shape index (κ1) is 16.6. The number of hydrogen-bond acceptors (Lipinski definition) is 4. The summed E-state index contributed by atoms with van der Waals surface area (Å²) in [6.45, 7) is 6.22. The zero-order chi connectivity index (χ0) is 18.3. The zero-order valence-corrected chi connectivity index (χ0v) is 14.8. The molecular formula is C20H20FN3O2. The summed E-state index contributed by atoms with van der Waals surface area (Å²) in [6.07, 6.45) is 1.64. The minimum Gasteiger partial charge on any atom is -0.459 e. The molecule has 5 nitrogen and oxygen atoms in total. The lowest BCUT2D eigenvalue weighted by molar-refractivity contribution is 0.0747. The van der Waals surface area contributed by atoms with Crippen molar-refractivity contribution in [2.45, 2.75) is 13.8 Å². The summed E-state index contributed by atoms with van der Waals surface area (Å²) in [7, 11) is 0. The van der Waals surface area contributed by atoms with Gasteiger partial charge in [0.05, 0.1) is 5.56 Å². The van der Waals surface area contributed by atoms with Crippen LogP contribution in [-0.4, -0.2) is 42.0 Å². The van der Waals surface area contributed by atoms with Crippen LogP contribution in [-0.2, 0) is 0 Å². The summed E-state index contributed by atoms with van der Waals surface area (Å²) >= 11 is 0. The minimum atomic E-state index is -0.231. The van der Waals surface area contributed by atoms with Gasteiger partial charge in [-0.05, 0) is 43.7 Å². The predicted molar refractivity (Wildman–Crippen MR) is 98.0 cm³/mol. The Hall–Kier alpha value is -2.89. The van der Waals surface area contributed by atoms with Crippen LogP contribution in [0.5, 0.6) is 0 Å². The number of piperazine rings is 1. The van der Waals surface area contributed by atoms with Crippen molar-refractivity contribution in [2.75, 3.05) is 31.1 Å². The van der Waals surface area contributed by atoms with Gasteiger partial charge in [0.2, 0.25) is 0 Å². The van der Waals surface area contributed by atoms with E-state index in [2.05, 4.69) is 9.88 Å². The highest BCUT2D eigenvalue weighted by atomic mass is 19.1. The maximum atomic E-state index is 13.7. The third-order valence-corrected chi connectivity index (χ3v) is 4.72. The molecule has 1 saturated heterocycles. The van der Waals surface area contributed by atoms with E-state index in [-0.39, 0.29) is 11.7 Å². The van der Waals surface area contributed by atoms with E-state index < -0.39 is 0 Å². The maximum absolute atomic E-state index is 13.7. The average Bonchev–Trinajstić information content (AvgIpc) is 3.00. The monoisotopic (exact) mass is 353 g/mol. The Morgan fingerprint density at radius 1 is 1.12 bits per heavy atom. The number of furan rings is 1. The Morgan fingerprint density at radius 3 is 2.62 bits per heavy atom. The minimum absolute atomic E-state index is 0.0539. The van der Waals surface area contributed by atoms with E-state index >= 15 is 0 Å². The molecule has 3 aromatic rings. The fourth-order valence-corrected chi connectivity index (χ4v) is 3.46. The summed E-state index contributed by atoms with van der Waals surface area (Å²) in [4.78, 5) is 21.1. The smallest absolute Gasteiger partial charge is 0.257 e. The molecule has 6 heteroatoms. The van der Waals surface area contributed by atoms with Crippen LogP contribution in [0, 0.1) is 19.7 Å². The molecule has 1 fully saturated rings. The molecule has 0 saturated carbocycles. The second-order valence-corrected chi connectivity index (χ2v) is 6.70. The molecule has 4 rings (SSSR count). The number of anilines is 1. The van der Waals surface area contributed by atoms with Gasteiger partial charge in [0.25, 0.3) is 5.91 Å². The molecule has 1 amide bonds. The average molecular weight is 353 g/mol. The molecule has 0 radical (unpaired) electrons. The van der Waals surface area contributed by atoms with E-state index in [0.29, 0.717) is 42.8 Å². The molecule has 0 atom stereocenters. The number of halogens is 1. The Morgan fingerprint density at radius 2 is 1.88 bits per heavy atom. The zero-order valence-electron chi connectivity index (χ0n) is 14.8. The number of rotatable bonds is 2. The van der Waals surface area contributed by atoms with E-state index in [0.717, 1.165) is 17.0 Å². The topological polar surface area (TPSA) is 49.6 Å². The number of aryl methyl sites for hydroxylation is 2. The van der Waals surface area contributed by atoms with Crippen LogP contribution in [0.1, 0.15) is 21.7 Å². The lowest BCUT2D eigenvalue weighted by Gasteiger charge is -2.36. The maximum Gasteiger partial charge on any atom is 0.257 e. The van der Waals surface area contributed by atoms with Crippen LogP contribution in [0.25, 0.3) is 11.1 Å². The lowest BCUT2D eigenvalue weighted by Crippen LogP contribution is -2.48. The first-order chi connectivity index (χ1) is 12.5. The largest absolute Gasteiger partial charge is 0.459 e. The van der Waals surface area contributed by atoms with Crippen molar-refractivity contribution in [1.82, 2.24) is 9.88 Å². The van der Waals surface area contributed by atoms with Crippen LogP contribution in [0.3, 0.4) is 0 Å². The first-order valence-corrected chi connectivity index (χ1v) is 8.68. The van der Waals surface area contributed by atoms with Crippen molar-refractivity contribution in [2.24, 2.45) is 0 Å². The number of carbonyl (C=O) groups is 1. The molecule has 0 spiro atoms. The second-order valence-electron chi connectivity index (χ2n) is 6.70. The van der Waals surface area contributed by atoms with Crippen molar-refractivity contribution in [3.63, 3.8) is 0 Å². The third kappa shape index (κ3) is 3.03. The first-order valence-electron chi connectivity index (χ1n) is 8.68. The summed E-state index contributed by atoms with van der Waals surface area (Å²) in [6, 6.07) is 8.57. The Bertz CT molecular complexity index is 954. The molecule has 26 heavy (non-hydrogen) atoms. The molecule has 1 aliphatic rings. The molecule has 0 N–H and O–H groups in total. The van der Waals surface area contributed by atoms with Crippen LogP contribution < -0.4 is 4.90 Å². The summed E-state index contributed by atoms with van der Waals surface area (Å²) in [5.41, 5.74) is 3.53. The molecule has 3 heterocycles. The van der Waals surface area contributed by atoms with Crippen LogP contribution >= 0.6 is 0 Å². The van der Waals surface area contributed by atoms with E-state index in [1.54, 1.807) is 18.3 Å². The van der Waals surface area contributed by atoms with Gasteiger partial charge >= 0.3 is 0 Å². The lowest BCUT2D eigenvalue weighted by atomic mass is 10.1. The standard InChI is InChI=1S/C20H20FN3O2/c1-13-9-15(21)12-16(10-13)23-5-7-24(8-6-23)20(25)17-3-4-22-18-11-14(2)26-19(17)18/h3-4,9-12H,5-8H2,1-2H3. The molecular weight excluding hydrogens is 333 g/mol. The molecule has 2 aromatic heterocycles. The van der Waals surface area contributed by atoms with Crippen LogP contribution in [0.15, 0.2) is 40.9 Å². The highest BCUT2D eigenvalue weighted by Gasteiger charge is 2.25. The van der Waals surface area contributed by atoms with E-state index in [1.165, 1.54) is 6.07 Å². The van der Waals surface area contributed by atoms with Gasteiger partial charge in [-0.2, -0.15) is 0 Å². The Balaban J connectivity index is 1.51. The van der Waals surface area contributed by atoms with Gasteiger partial charge in [-0.15, -0.1) is 0 Å². The van der Waals surface area contributed by atoms with Crippen LogP contribution in [0.4, 0.5) is 10.1 Å². The number of pyridine rings is 1. The highest BCUT2D eigenvalue weighted by Crippen LogP contribution is 2.24. The number of carbonyl (C=O) groups excluding carboxylic acids is 1. The van der Waals surface area contributed by atoms with Gasteiger partial charge in [0, 0.05) is 44.1 Å². The fraction of sp³-hybridized carbons (Fsp3) is 0.300. The van der Waals surface area contributed by atoms with Crippen molar-refractivity contribution in [3.05, 3.63) is 59.2 Å². The Kier molecular flexibility index (Phi) is 4.11. The SMILES string of the molecule is Cc1cc(F)cc(N2CCN(C(=O)c3ccnc4cc(C)oc34)CC2)c1. The summed E-state index contributed by atoms with van der Waals surface area (Å²) < 4.78 is 19.3. The molecule has 0 unspecified atom stereocenters. The summed E-state index contributed by atoms with van der Waals surface area (Å²) in [5, 5.41) is 0. The number of hydrogen-bond donors (Lipinski definition) is 0. The molecule has 1 aromatic carbocycles. The van der Waals surface area contributed by atoms with Crippen molar-refractivity contribution >= 4 is 22.7 Å². The van der Waals surface area contributed by atoms with E-state index in [4.69, 9.17) is 4.42 Å². The van der Waals surface area contributed by atoms with Gasteiger partial charge in [0.15, 0.2) is 5.58 Å². The van der Waals surface area contributed by atoms with Crippen LogP contribution in [0.2, 0.25) is 0 Å².